The molecule has 0 spiro atoms. The monoisotopic (exact) mass is 473 g/mol. The third-order valence-electron chi connectivity index (χ3n) is 6.70. The predicted octanol–water partition coefficient (Wildman–Crippen LogP) is 3.39. The van der Waals surface area contributed by atoms with Crippen molar-refractivity contribution in [1.82, 2.24) is 14.7 Å². The summed E-state index contributed by atoms with van der Waals surface area (Å²) < 4.78 is 12.5. The van der Waals surface area contributed by atoms with E-state index in [9.17, 15) is 9.59 Å². The van der Waals surface area contributed by atoms with Gasteiger partial charge in [-0.1, -0.05) is 28.9 Å². The van der Waals surface area contributed by atoms with Gasteiger partial charge in [0.15, 0.2) is 0 Å². The van der Waals surface area contributed by atoms with Crippen molar-refractivity contribution in [2.24, 2.45) is 12.8 Å². The molecule has 3 heterocycles. The van der Waals surface area contributed by atoms with Crippen molar-refractivity contribution in [1.29, 1.82) is 0 Å². The maximum absolute atomic E-state index is 13.1. The normalized spacial score (nSPS) is 14.4. The number of amides is 1. The molecule has 4 aromatic rings. The summed E-state index contributed by atoms with van der Waals surface area (Å²) in [5, 5.41) is 4.93. The molecule has 0 unspecified atom stereocenters. The smallest absolute Gasteiger partial charge is 0.265 e. The molecule has 1 saturated heterocycles. The Labute approximate surface area is 202 Å². The molecule has 1 aliphatic heterocycles. The number of methoxy groups -OCH3 is 1. The van der Waals surface area contributed by atoms with Gasteiger partial charge >= 0.3 is 0 Å². The molecule has 5 rings (SSSR count). The van der Waals surface area contributed by atoms with Crippen molar-refractivity contribution in [2.75, 3.05) is 25.1 Å². The highest BCUT2D eigenvalue weighted by atomic mass is 16.5. The first kappa shape index (κ1) is 22.6. The Balaban J connectivity index is 1.46. The number of carbonyl (C=O) groups excluding carboxylic acids is 1. The molecule has 1 fully saturated rings. The van der Waals surface area contributed by atoms with Crippen LogP contribution in [0.2, 0.25) is 0 Å². The lowest BCUT2D eigenvalue weighted by molar-refractivity contribution is 0.0999. The Kier molecular flexibility index (Phi) is 5.76. The highest BCUT2D eigenvalue weighted by molar-refractivity contribution is 6.07. The molecular weight excluding hydrogens is 446 g/mol. The predicted molar refractivity (Wildman–Crippen MR) is 133 cm³/mol. The third kappa shape index (κ3) is 4.03. The maximum Gasteiger partial charge on any atom is 0.265 e. The van der Waals surface area contributed by atoms with Gasteiger partial charge in [-0.05, 0) is 44.0 Å². The third-order valence-corrected chi connectivity index (χ3v) is 6.70. The number of benzene rings is 2. The Morgan fingerprint density at radius 3 is 2.63 bits per heavy atom. The summed E-state index contributed by atoms with van der Waals surface area (Å²) in [6, 6.07) is 13.4. The summed E-state index contributed by atoms with van der Waals surface area (Å²) >= 11 is 0. The van der Waals surface area contributed by atoms with Crippen LogP contribution in [0.15, 0.2) is 51.8 Å². The highest BCUT2D eigenvalue weighted by Crippen LogP contribution is 2.36. The maximum atomic E-state index is 13.1. The zero-order valence-electron chi connectivity index (χ0n) is 19.9. The molecule has 0 atom stereocenters. The second-order valence-electron chi connectivity index (χ2n) is 8.92. The topological polar surface area (TPSA) is 116 Å². The SMILES string of the molecule is COc1ccc2c(c1)c(N1CCC(c3nc(-c4cccc(C)c4)no3)CC1)c(C(N)=O)c(=O)n2C. The molecular formula is C26H27N5O4. The van der Waals surface area contributed by atoms with Crippen molar-refractivity contribution in [3.05, 3.63) is 69.8 Å². The van der Waals surface area contributed by atoms with Crippen LogP contribution in [0.1, 0.15) is 40.6 Å². The molecule has 9 heteroatoms. The first-order valence-electron chi connectivity index (χ1n) is 11.5. The number of hydrogen-bond acceptors (Lipinski definition) is 7. The van der Waals surface area contributed by atoms with Crippen LogP contribution in [0.5, 0.6) is 5.75 Å². The molecule has 2 aromatic heterocycles. The number of nitrogens with zero attached hydrogens (tertiary/aromatic N) is 4. The van der Waals surface area contributed by atoms with Crippen LogP contribution in [0.4, 0.5) is 5.69 Å². The summed E-state index contributed by atoms with van der Waals surface area (Å²) in [7, 11) is 3.22. The molecule has 0 saturated carbocycles. The average molecular weight is 474 g/mol. The Morgan fingerprint density at radius 2 is 1.94 bits per heavy atom. The summed E-state index contributed by atoms with van der Waals surface area (Å²) in [5.41, 5.74) is 8.59. The van der Waals surface area contributed by atoms with Gasteiger partial charge < -0.3 is 24.5 Å². The minimum atomic E-state index is -0.743. The molecule has 2 aromatic carbocycles. The Morgan fingerprint density at radius 1 is 1.17 bits per heavy atom. The van der Waals surface area contributed by atoms with Crippen molar-refractivity contribution in [3.8, 4) is 17.1 Å². The van der Waals surface area contributed by atoms with E-state index in [1.165, 1.54) is 4.57 Å². The van der Waals surface area contributed by atoms with Crippen molar-refractivity contribution >= 4 is 22.5 Å². The van der Waals surface area contributed by atoms with Crippen LogP contribution in [-0.4, -0.2) is 40.8 Å². The summed E-state index contributed by atoms with van der Waals surface area (Å²) in [5.74, 6) is 1.16. The quantitative estimate of drug-likeness (QED) is 0.472. The fourth-order valence-corrected chi connectivity index (χ4v) is 4.84. The molecule has 9 nitrogen and oxygen atoms in total. The minimum absolute atomic E-state index is 0.00812. The number of nitrogens with two attached hydrogens (primary N) is 1. The molecule has 2 N–H and O–H groups in total. The van der Waals surface area contributed by atoms with Crippen molar-refractivity contribution in [3.63, 3.8) is 0 Å². The van der Waals surface area contributed by atoms with E-state index in [1.807, 2.05) is 43.3 Å². The molecule has 0 bridgehead atoms. The molecule has 0 aliphatic carbocycles. The molecule has 180 valence electrons. The van der Waals surface area contributed by atoms with E-state index in [0.29, 0.717) is 41.8 Å². The van der Waals surface area contributed by atoms with E-state index in [1.54, 1.807) is 20.2 Å². The number of hydrogen-bond donors (Lipinski definition) is 1. The number of carbonyl (C=O) groups is 1. The number of anilines is 1. The average Bonchev–Trinajstić information content (AvgIpc) is 3.36. The van der Waals surface area contributed by atoms with Crippen LogP contribution in [-0.2, 0) is 7.05 Å². The van der Waals surface area contributed by atoms with Gasteiger partial charge in [0.1, 0.15) is 11.3 Å². The lowest BCUT2D eigenvalue weighted by Crippen LogP contribution is -2.38. The first-order valence-corrected chi connectivity index (χ1v) is 11.5. The largest absolute Gasteiger partial charge is 0.497 e. The van der Waals surface area contributed by atoms with Crippen LogP contribution >= 0.6 is 0 Å². The second-order valence-corrected chi connectivity index (χ2v) is 8.92. The fraction of sp³-hybridized carbons (Fsp3) is 0.308. The van der Waals surface area contributed by atoms with Crippen molar-refractivity contribution in [2.45, 2.75) is 25.7 Å². The standard InChI is InChI=1S/C26H27N5O4/c1-15-5-4-6-17(13-15)24-28-25(35-29-24)16-9-11-31(12-10-16)22-19-14-18(34-3)7-8-20(19)30(2)26(33)21(22)23(27)32/h4-8,13-14,16H,9-12H2,1-3H3,(H2,27,32). The van der Waals surface area contributed by atoms with Crippen LogP contribution in [0.25, 0.3) is 22.3 Å². The lowest BCUT2D eigenvalue weighted by atomic mass is 9.95. The fourth-order valence-electron chi connectivity index (χ4n) is 4.84. The van der Waals surface area contributed by atoms with Crippen LogP contribution in [0.3, 0.4) is 0 Å². The summed E-state index contributed by atoms with van der Waals surface area (Å²) in [6.07, 6.45) is 1.46. The van der Waals surface area contributed by atoms with Crippen LogP contribution in [0, 0.1) is 6.92 Å². The van der Waals surface area contributed by atoms with Gasteiger partial charge in [-0.2, -0.15) is 4.98 Å². The van der Waals surface area contributed by atoms with E-state index < -0.39 is 11.5 Å². The number of rotatable bonds is 5. The van der Waals surface area contributed by atoms with E-state index in [4.69, 9.17) is 15.0 Å². The van der Waals surface area contributed by atoms with Crippen LogP contribution < -0.4 is 20.9 Å². The number of fused-ring (bicyclic) bond motifs is 1. The van der Waals surface area contributed by atoms with E-state index in [0.717, 1.165) is 29.4 Å². The highest BCUT2D eigenvalue weighted by Gasteiger charge is 2.30. The van der Waals surface area contributed by atoms with E-state index >= 15 is 0 Å². The van der Waals surface area contributed by atoms with E-state index in [2.05, 4.69) is 15.0 Å². The van der Waals surface area contributed by atoms with E-state index in [-0.39, 0.29) is 11.5 Å². The van der Waals surface area contributed by atoms with Gasteiger partial charge in [0.05, 0.1) is 18.3 Å². The zero-order valence-corrected chi connectivity index (χ0v) is 19.9. The molecule has 1 amide bonds. The molecule has 0 radical (unpaired) electrons. The summed E-state index contributed by atoms with van der Waals surface area (Å²) in [4.78, 5) is 32.2. The zero-order chi connectivity index (χ0) is 24.7. The van der Waals surface area contributed by atoms with Gasteiger partial charge in [0, 0.05) is 37.0 Å². The number of aromatic nitrogens is 3. The number of ether oxygens (including phenoxy) is 1. The number of aryl methyl sites for hydroxylation is 2. The number of primary amides is 1. The summed E-state index contributed by atoms with van der Waals surface area (Å²) in [6.45, 7) is 3.23. The van der Waals surface area contributed by atoms with Gasteiger partial charge in [-0.25, -0.2) is 0 Å². The second kappa shape index (κ2) is 8.90. The van der Waals surface area contributed by atoms with Gasteiger partial charge in [0.25, 0.3) is 11.5 Å². The molecule has 1 aliphatic rings. The number of pyridine rings is 1. The first-order chi connectivity index (χ1) is 16.9. The number of piperidine rings is 1. The minimum Gasteiger partial charge on any atom is -0.497 e. The Hall–Kier alpha value is -4.14. The Bertz CT molecular complexity index is 1480. The lowest BCUT2D eigenvalue weighted by Gasteiger charge is -2.34. The van der Waals surface area contributed by atoms with Gasteiger partial charge in [0.2, 0.25) is 11.7 Å². The van der Waals surface area contributed by atoms with Gasteiger partial charge in [-0.15, -0.1) is 0 Å². The van der Waals surface area contributed by atoms with Gasteiger partial charge in [-0.3, -0.25) is 9.59 Å². The molecule has 35 heavy (non-hydrogen) atoms. The van der Waals surface area contributed by atoms with Crippen molar-refractivity contribution < 1.29 is 14.1 Å².